The third-order valence-electron chi connectivity index (χ3n) is 11.4. The molecule has 0 aliphatic carbocycles. The Morgan fingerprint density at radius 1 is 0.300 bits per heavy atom. The van der Waals surface area contributed by atoms with Crippen molar-refractivity contribution in [2.24, 2.45) is 0 Å². The average Bonchev–Trinajstić information content (AvgIpc) is 3.36. The van der Waals surface area contributed by atoms with E-state index in [0.717, 1.165) is 141 Å². The molecule has 0 heterocycles. The molecule has 1 atom stereocenters. The lowest BCUT2D eigenvalue weighted by atomic mass is 10.1. The van der Waals surface area contributed by atoms with Crippen molar-refractivity contribution in [1.82, 2.24) is 0 Å². The average molecular weight is 968 g/mol. The number of rotatable bonds is 49. The van der Waals surface area contributed by atoms with Crippen LogP contribution in [0.4, 0.5) is 0 Å². The van der Waals surface area contributed by atoms with E-state index >= 15 is 0 Å². The van der Waals surface area contributed by atoms with Crippen LogP contribution in [-0.4, -0.2) is 37.2 Å². The highest BCUT2D eigenvalue weighted by atomic mass is 16.6. The van der Waals surface area contributed by atoms with E-state index in [4.69, 9.17) is 14.2 Å². The SMILES string of the molecule is CC/C=C\C/C=C\C/C=C\C/C=C\C/C=C\C/C=C\CCCCC(=O)OCC(COC(=O)CCCCCCC/C=C\CCCCC)OC(=O)CCCCCCCC/C=C\C/C=C\C/C=C\C/C=C\CC. The van der Waals surface area contributed by atoms with Gasteiger partial charge in [0.1, 0.15) is 13.2 Å². The van der Waals surface area contributed by atoms with E-state index in [-0.39, 0.29) is 31.1 Å². The largest absolute Gasteiger partial charge is 0.462 e. The summed E-state index contributed by atoms with van der Waals surface area (Å²) >= 11 is 0. The summed E-state index contributed by atoms with van der Waals surface area (Å²) in [5.41, 5.74) is 0. The summed E-state index contributed by atoms with van der Waals surface area (Å²) in [5, 5.41) is 0. The summed E-state index contributed by atoms with van der Waals surface area (Å²) in [6.07, 6.45) is 80.1. The van der Waals surface area contributed by atoms with Gasteiger partial charge < -0.3 is 14.2 Å². The number of carbonyl (C=O) groups is 3. The normalized spacial score (nSPS) is 13.1. The highest BCUT2D eigenvalue weighted by molar-refractivity contribution is 5.71. The van der Waals surface area contributed by atoms with Gasteiger partial charge in [-0.3, -0.25) is 14.4 Å². The third-order valence-corrected chi connectivity index (χ3v) is 11.4. The Kier molecular flexibility index (Phi) is 53.5. The van der Waals surface area contributed by atoms with Gasteiger partial charge >= 0.3 is 17.9 Å². The maximum Gasteiger partial charge on any atom is 0.306 e. The molecule has 0 radical (unpaired) electrons. The summed E-state index contributed by atoms with van der Waals surface area (Å²) in [4.78, 5) is 38.1. The maximum atomic E-state index is 12.9. The Hall–Kier alpha value is -4.45. The number of carbonyl (C=O) groups excluding carboxylic acids is 3. The molecule has 0 amide bonds. The molecule has 0 aromatic carbocycles. The highest BCUT2D eigenvalue weighted by Crippen LogP contribution is 2.13. The van der Waals surface area contributed by atoms with Crippen LogP contribution >= 0.6 is 0 Å². The Balaban J connectivity index is 4.50. The van der Waals surface area contributed by atoms with Crippen LogP contribution < -0.4 is 0 Å². The van der Waals surface area contributed by atoms with Gasteiger partial charge in [0.2, 0.25) is 0 Å². The number of ether oxygens (including phenoxy) is 3. The maximum absolute atomic E-state index is 12.9. The van der Waals surface area contributed by atoms with E-state index in [1.54, 1.807) is 0 Å². The Labute approximate surface area is 430 Å². The zero-order valence-corrected chi connectivity index (χ0v) is 45.0. The second-order valence-corrected chi connectivity index (χ2v) is 18.1. The van der Waals surface area contributed by atoms with E-state index in [1.807, 2.05) is 0 Å². The van der Waals surface area contributed by atoms with Crippen LogP contribution in [-0.2, 0) is 28.6 Å². The molecule has 394 valence electrons. The lowest BCUT2D eigenvalue weighted by Gasteiger charge is -2.18. The van der Waals surface area contributed by atoms with Crippen LogP contribution in [0.5, 0.6) is 0 Å². The molecule has 0 bridgehead atoms. The minimum Gasteiger partial charge on any atom is -0.462 e. The van der Waals surface area contributed by atoms with E-state index in [9.17, 15) is 14.4 Å². The van der Waals surface area contributed by atoms with Crippen molar-refractivity contribution in [3.05, 3.63) is 134 Å². The first kappa shape index (κ1) is 65.5. The fraction of sp³-hybridized carbons (Fsp3) is 0.609. The predicted molar refractivity (Wildman–Crippen MR) is 302 cm³/mol. The molecular weight excluding hydrogens is 865 g/mol. The number of unbranched alkanes of at least 4 members (excludes halogenated alkanes) is 16. The topological polar surface area (TPSA) is 78.9 Å². The molecular formula is C64H102O6. The summed E-state index contributed by atoms with van der Waals surface area (Å²) in [7, 11) is 0. The van der Waals surface area contributed by atoms with E-state index in [2.05, 4.69) is 154 Å². The summed E-state index contributed by atoms with van der Waals surface area (Å²) < 4.78 is 16.8. The van der Waals surface area contributed by atoms with Crippen molar-refractivity contribution >= 4 is 17.9 Å². The predicted octanol–water partition coefficient (Wildman–Crippen LogP) is 19.0. The van der Waals surface area contributed by atoms with Gasteiger partial charge in [-0.2, -0.15) is 0 Å². The number of hydrogen-bond donors (Lipinski definition) is 0. The van der Waals surface area contributed by atoms with Gasteiger partial charge in [-0.05, 0) is 135 Å². The molecule has 0 aromatic heterocycles. The highest BCUT2D eigenvalue weighted by Gasteiger charge is 2.19. The van der Waals surface area contributed by atoms with Gasteiger partial charge in [0.25, 0.3) is 0 Å². The van der Waals surface area contributed by atoms with E-state index in [0.29, 0.717) is 25.7 Å². The van der Waals surface area contributed by atoms with Crippen molar-refractivity contribution in [1.29, 1.82) is 0 Å². The van der Waals surface area contributed by atoms with Crippen molar-refractivity contribution < 1.29 is 28.6 Å². The van der Waals surface area contributed by atoms with Crippen molar-refractivity contribution in [2.75, 3.05) is 13.2 Å². The van der Waals surface area contributed by atoms with E-state index in [1.165, 1.54) is 44.9 Å². The third kappa shape index (κ3) is 54.5. The second kappa shape index (κ2) is 57.1. The van der Waals surface area contributed by atoms with Crippen LogP contribution in [0.2, 0.25) is 0 Å². The second-order valence-electron chi connectivity index (χ2n) is 18.1. The minimum atomic E-state index is -0.812. The van der Waals surface area contributed by atoms with Gasteiger partial charge in [-0.25, -0.2) is 0 Å². The Bertz CT molecular complexity index is 1530. The molecule has 0 spiro atoms. The molecule has 0 aliphatic heterocycles. The molecule has 70 heavy (non-hydrogen) atoms. The van der Waals surface area contributed by atoms with E-state index < -0.39 is 6.10 Å². The molecule has 0 aliphatic rings. The zero-order valence-electron chi connectivity index (χ0n) is 45.0. The molecule has 0 saturated heterocycles. The minimum absolute atomic E-state index is 0.107. The smallest absolute Gasteiger partial charge is 0.306 e. The monoisotopic (exact) mass is 967 g/mol. The lowest BCUT2D eigenvalue weighted by Crippen LogP contribution is -2.30. The van der Waals surface area contributed by atoms with Gasteiger partial charge in [0.15, 0.2) is 6.10 Å². The van der Waals surface area contributed by atoms with Crippen LogP contribution in [0.3, 0.4) is 0 Å². The summed E-state index contributed by atoms with van der Waals surface area (Å²) in [5.74, 6) is -0.980. The summed E-state index contributed by atoms with van der Waals surface area (Å²) in [6.45, 7) is 6.32. The van der Waals surface area contributed by atoms with Gasteiger partial charge in [0, 0.05) is 19.3 Å². The summed E-state index contributed by atoms with van der Waals surface area (Å²) in [6, 6.07) is 0. The van der Waals surface area contributed by atoms with Crippen LogP contribution in [0.15, 0.2) is 134 Å². The van der Waals surface area contributed by atoms with Gasteiger partial charge in [0.05, 0.1) is 0 Å². The Morgan fingerprint density at radius 2 is 0.557 bits per heavy atom. The number of allylic oxidation sites excluding steroid dienone is 22. The fourth-order valence-corrected chi connectivity index (χ4v) is 7.19. The van der Waals surface area contributed by atoms with Gasteiger partial charge in [-0.1, -0.05) is 212 Å². The first-order chi connectivity index (χ1) is 34.5. The quantitative estimate of drug-likeness (QED) is 0.0262. The van der Waals surface area contributed by atoms with Crippen LogP contribution in [0, 0.1) is 0 Å². The van der Waals surface area contributed by atoms with Crippen LogP contribution in [0.1, 0.15) is 233 Å². The first-order valence-corrected chi connectivity index (χ1v) is 28.2. The Morgan fingerprint density at radius 3 is 0.914 bits per heavy atom. The molecule has 1 unspecified atom stereocenters. The van der Waals surface area contributed by atoms with Crippen molar-refractivity contribution in [3.63, 3.8) is 0 Å². The lowest BCUT2D eigenvalue weighted by molar-refractivity contribution is -0.167. The zero-order chi connectivity index (χ0) is 50.7. The molecule has 0 saturated carbocycles. The molecule has 6 heteroatoms. The molecule has 6 nitrogen and oxygen atoms in total. The molecule has 0 N–H and O–H groups in total. The number of esters is 3. The molecule has 0 fully saturated rings. The molecule has 0 aromatic rings. The van der Waals surface area contributed by atoms with Crippen molar-refractivity contribution in [3.8, 4) is 0 Å². The van der Waals surface area contributed by atoms with Crippen molar-refractivity contribution in [2.45, 2.75) is 239 Å². The number of hydrogen-bond acceptors (Lipinski definition) is 6. The fourth-order valence-electron chi connectivity index (χ4n) is 7.19. The van der Waals surface area contributed by atoms with Gasteiger partial charge in [-0.15, -0.1) is 0 Å². The van der Waals surface area contributed by atoms with Crippen LogP contribution in [0.25, 0.3) is 0 Å². The molecule has 0 rings (SSSR count). The standard InChI is InChI=1S/C64H102O6/c1-4-7-10-13-16-19-22-25-27-29-31-32-34-35-37-39-42-45-48-51-54-57-63(66)69-60-61(59-68-62(65)56-53-50-47-44-41-24-21-18-15-12-9-6-3)70-64(67)58-55-52-49-46-43-40-38-36-33-30-28-26-23-20-17-14-11-8-5-2/h7-8,10-11,16-21,25-28,31-33,35-37,42,45,61H,4-6,9,12-15,22-24,29-30,34,38-41,43-44,46-60H2,1-3H3/b10-7-,11-8-,19-16-,20-17-,21-18-,27-25-,28-26-,32-31-,36-33-,37-35-,45-42-. The first-order valence-electron chi connectivity index (χ1n) is 28.2.